The molecule has 3 aliphatic rings. The second kappa shape index (κ2) is 6.62. The topological polar surface area (TPSA) is 41.6 Å². The van der Waals surface area contributed by atoms with E-state index in [4.69, 9.17) is 4.74 Å². The molecule has 2 saturated carbocycles. The average molecular weight is 322 g/mol. The van der Waals surface area contributed by atoms with E-state index in [0.29, 0.717) is 6.04 Å². The summed E-state index contributed by atoms with van der Waals surface area (Å²) in [6, 6.07) is 0.906. The highest BCUT2D eigenvalue weighted by Crippen LogP contribution is 2.40. The van der Waals surface area contributed by atoms with Crippen molar-refractivity contribution in [3.8, 4) is 0 Å². The Balaban J connectivity index is 1.57. The Kier molecular flexibility index (Phi) is 4.91. The predicted molar refractivity (Wildman–Crippen MR) is 92.4 cm³/mol. The lowest BCUT2D eigenvalue weighted by molar-refractivity contribution is 0.0401. The van der Waals surface area contributed by atoms with Gasteiger partial charge < -0.3 is 10.1 Å². The number of nitrogens with one attached hydrogen (secondary N) is 1. The minimum Gasteiger partial charge on any atom is -0.444 e. The molecule has 2 aliphatic carbocycles. The lowest BCUT2D eigenvalue weighted by Crippen LogP contribution is -2.54. The van der Waals surface area contributed by atoms with E-state index in [1.54, 1.807) is 0 Å². The maximum atomic E-state index is 12.1. The third-order valence-corrected chi connectivity index (χ3v) is 5.53. The van der Waals surface area contributed by atoms with Gasteiger partial charge in [-0.05, 0) is 71.1 Å². The molecule has 3 rings (SSSR count). The Morgan fingerprint density at radius 1 is 1.17 bits per heavy atom. The maximum Gasteiger partial charge on any atom is 0.407 e. The monoisotopic (exact) mass is 322 g/mol. The number of carbonyl (C=O) groups excluding carboxylic acids is 1. The molecule has 1 amide bonds. The van der Waals surface area contributed by atoms with E-state index in [2.05, 4.69) is 17.1 Å². The Morgan fingerprint density at radius 2 is 1.87 bits per heavy atom. The average Bonchev–Trinajstić information content (AvgIpc) is 3.29. The highest BCUT2D eigenvalue weighted by molar-refractivity contribution is 5.68. The molecule has 1 heterocycles. The number of likely N-dealkylation sites (tertiary alicyclic amines) is 1. The van der Waals surface area contributed by atoms with Crippen molar-refractivity contribution in [2.45, 2.75) is 83.9 Å². The van der Waals surface area contributed by atoms with Crippen LogP contribution in [0.3, 0.4) is 0 Å². The second-order valence-corrected chi connectivity index (χ2v) is 9.16. The quantitative estimate of drug-likeness (QED) is 0.837. The molecule has 1 saturated heterocycles. The van der Waals surface area contributed by atoms with Gasteiger partial charge in [-0.1, -0.05) is 12.8 Å². The van der Waals surface area contributed by atoms with E-state index in [-0.39, 0.29) is 12.1 Å². The molecule has 132 valence electrons. The van der Waals surface area contributed by atoms with Crippen molar-refractivity contribution in [1.29, 1.82) is 0 Å². The fourth-order valence-electron chi connectivity index (χ4n) is 4.02. The van der Waals surface area contributed by atoms with Crippen LogP contribution in [0.5, 0.6) is 0 Å². The zero-order valence-corrected chi connectivity index (χ0v) is 15.3. The van der Waals surface area contributed by atoms with Crippen LogP contribution in [0.15, 0.2) is 0 Å². The van der Waals surface area contributed by atoms with Crippen LogP contribution in [0.25, 0.3) is 0 Å². The van der Waals surface area contributed by atoms with Gasteiger partial charge in [0.1, 0.15) is 5.60 Å². The van der Waals surface area contributed by atoms with Crippen LogP contribution >= 0.6 is 0 Å². The number of ether oxygens (including phenoxy) is 1. The van der Waals surface area contributed by atoms with Crippen molar-refractivity contribution in [2.24, 2.45) is 17.8 Å². The molecule has 4 nitrogen and oxygen atoms in total. The highest BCUT2D eigenvalue weighted by atomic mass is 16.6. The third kappa shape index (κ3) is 5.37. The summed E-state index contributed by atoms with van der Waals surface area (Å²) in [6.45, 7) is 10.3. The predicted octanol–water partition coefficient (Wildman–Crippen LogP) is 3.80. The molecule has 3 unspecified atom stereocenters. The number of carbonyl (C=O) groups is 1. The number of hydrogen-bond donors (Lipinski definition) is 1. The molecule has 0 aromatic heterocycles. The molecule has 0 bridgehead atoms. The summed E-state index contributed by atoms with van der Waals surface area (Å²) in [6.07, 6.45) is 7.81. The van der Waals surface area contributed by atoms with Crippen LogP contribution in [0.4, 0.5) is 4.79 Å². The van der Waals surface area contributed by atoms with Gasteiger partial charge in [-0.2, -0.15) is 0 Å². The SMILES string of the molecule is CC(C1CC1)N1CC(CC2CC2)CC(NC(=O)OC(C)(C)C)C1. The first-order valence-corrected chi connectivity index (χ1v) is 9.53. The zero-order chi connectivity index (χ0) is 16.6. The Morgan fingerprint density at radius 3 is 2.43 bits per heavy atom. The third-order valence-electron chi connectivity index (χ3n) is 5.53. The largest absolute Gasteiger partial charge is 0.444 e. The minimum absolute atomic E-state index is 0.239. The van der Waals surface area contributed by atoms with Crippen molar-refractivity contribution < 1.29 is 9.53 Å². The summed E-state index contributed by atoms with van der Waals surface area (Å²) in [5, 5.41) is 3.14. The molecule has 1 aliphatic heterocycles. The summed E-state index contributed by atoms with van der Waals surface area (Å²) in [5.74, 6) is 2.58. The van der Waals surface area contributed by atoms with Crippen LogP contribution < -0.4 is 5.32 Å². The molecule has 0 aromatic carbocycles. The smallest absolute Gasteiger partial charge is 0.407 e. The summed E-state index contributed by atoms with van der Waals surface area (Å²) in [7, 11) is 0. The van der Waals surface area contributed by atoms with Gasteiger partial charge >= 0.3 is 6.09 Å². The summed E-state index contributed by atoms with van der Waals surface area (Å²) in [4.78, 5) is 14.8. The molecular formula is C19H34N2O2. The Bertz CT molecular complexity index is 424. The Labute approximate surface area is 141 Å². The molecule has 3 fully saturated rings. The van der Waals surface area contributed by atoms with Gasteiger partial charge in [-0.25, -0.2) is 4.79 Å². The standard InChI is InChI=1S/C19H34N2O2/c1-13(16-7-8-16)21-11-15(9-14-5-6-14)10-17(12-21)20-18(22)23-19(2,3)4/h13-17H,5-12H2,1-4H3,(H,20,22). The van der Waals surface area contributed by atoms with Crippen molar-refractivity contribution in [2.75, 3.05) is 13.1 Å². The Hall–Kier alpha value is -0.770. The van der Waals surface area contributed by atoms with Gasteiger partial charge in [0.25, 0.3) is 0 Å². The lowest BCUT2D eigenvalue weighted by Gasteiger charge is -2.41. The van der Waals surface area contributed by atoms with Crippen LogP contribution in [-0.4, -0.2) is 41.8 Å². The number of alkyl carbamates (subject to hydrolysis) is 1. The normalized spacial score (nSPS) is 30.8. The summed E-state index contributed by atoms with van der Waals surface area (Å²) in [5.41, 5.74) is -0.423. The van der Waals surface area contributed by atoms with E-state index in [9.17, 15) is 4.79 Å². The van der Waals surface area contributed by atoms with E-state index in [0.717, 1.165) is 30.7 Å². The molecule has 4 heteroatoms. The minimum atomic E-state index is -0.423. The van der Waals surface area contributed by atoms with Crippen molar-refractivity contribution >= 4 is 6.09 Å². The van der Waals surface area contributed by atoms with Crippen molar-refractivity contribution in [3.05, 3.63) is 0 Å². The highest BCUT2D eigenvalue weighted by Gasteiger charge is 2.38. The number of amides is 1. The molecule has 0 radical (unpaired) electrons. The summed E-state index contributed by atoms with van der Waals surface area (Å²) >= 11 is 0. The van der Waals surface area contributed by atoms with Gasteiger partial charge in [0.2, 0.25) is 0 Å². The van der Waals surface area contributed by atoms with Crippen molar-refractivity contribution in [3.63, 3.8) is 0 Å². The van der Waals surface area contributed by atoms with Crippen LogP contribution in [0.1, 0.15) is 66.2 Å². The number of piperidine rings is 1. The van der Waals surface area contributed by atoms with E-state index in [1.165, 1.54) is 38.6 Å². The number of rotatable bonds is 5. The first kappa shape index (κ1) is 17.1. The van der Waals surface area contributed by atoms with Gasteiger partial charge in [0.15, 0.2) is 0 Å². The first-order chi connectivity index (χ1) is 10.8. The molecule has 23 heavy (non-hydrogen) atoms. The maximum absolute atomic E-state index is 12.1. The number of nitrogens with zero attached hydrogens (tertiary/aromatic N) is 1. The van der Waals surface area contributed by atoms with Crippen LogP contribution in [-0.2, 0) is 4.74 Å². The molecule has 0 aromatic rings. The van der Waals surface area contributed by atoms with Crippen LogP contribution in [0, 0.1) is 17.8 Å². The fraction of sp³-hybridized carbons (Fsp3) is 0.947. The molecule has 1 N–H and O–H groups in total. The fourth-order valence-corrected chi connectivity index (χ4v) is 4.02. The second-order valence-electron chi connectivity index (χ2n) is 9.16. The van der Waals surface area contributed by atoms with Crippen LogP contribution in [0.2, 0.25) is 0 Å². The zero-order valence-electron chi connectivity index (χ0n) is 15.3. The molecular weight excluding hydrogens is 288 g/mol. The van der Waals surface area contributed by atoms with Gasteiger partial charge in [-0.15, -0.1) is 0 Å². The molecule has 0 spiro atoms. The lowest BCUT2D eigenvalue weighted by atomic mass is 9.88. The van der Waals surface area contributed by atoms with E-state index >= 15 is 0 Å². The van der Waals surface area contributed by atoms with E-state index < -0.39 is 5.60 Å². The van der Waals surface area contributed by atoms with E-state index in [1.807, 2.05) is 20.8 Å². The first-order valence-electron chi connectivity index (χ1n) is 9.53. The summed E-state index contributed by atoms with van der Waals surface area (Å²) < 4.78 is 5.46. The van der Waals surface area contributed by atoms with Gasteiger partial charge in [0, 0.05) is 25.2 Å². The van der Waals surface area contributed by atoms with Crippen molar-refractivity contribution in [1.82, 2.24) is 10.2 Å². The van der Waals surface area contributed by atoms with Gasteiger partial charge in [-0.3, -0.25) is 4.90 Å². The number of hydrogen-bond acceptors (Lipinski definition) is 3. The van der Waals surface area contributed by atoms with Gasteiger partial charge in [0.05, 0.1) is 0 Å². The molecule has 3 atom stereocenters.